The number of nitrogens with two attached hydrogens (primary N) is 1. The minimum atomic E-state index is -3.92. The molecule has 1 saturated heterocycles. The number of benzene rings is 1. The molecule has 1 fully saturated rings. The van der Waals surface area contributed by atoms with Crippen molar-refractivity contribution in [2.45, 2.75) is 18.7 Å². The Kier molecular flexibility index (Phi) is 4.59. The number of amides is 2. The molecular weight excluding hydrogens is 358 g/mol. The van der Waals surface area contributed by atoms with E-state index in [9.17, 15) is 18.0 Å². The van der Waals surface area contributed by atoms with E-state index in [1.807, 2.05) is 0 Å². The van der Waals surface area contributed by atoms with Gasteiger partial charge in [0.15, 0.2) is 0 Å². The number of sulfonamides is 1. The van der Waals surface area contributed by atoms with Crippen LogP contribution in [0.4, 0.5) is 5.88 Å². The summed E-state index contributed by atoms with van der Waals surface area (Å²) in [5.74, 6) is -0.0116. The highest BCUT2D eigenvalue weighted by molar-refractivity contribution is 7.89. The summed E-state index contributed by atoms with van der Waals surface area (Å²) in [5.41, 5.74) is 6.02. The number of rotatable bonds is 4. The molecule has 0 bridgehead atoms. The van der Waals surface area contributed by atoms with Crippen LogP contribution in [0, 0.1) is 13.8 Å². The van der Waals surface area contributed by atoms with E-state index in [4.69, 9.17) is 10.2 Å². The second-order valence-electron chi connectivity index (χ2n) is 6.11. The number of anilines is 1. The van der Waals surface area contributed by atoms with Gasteiger partial charge in [-0.25, -0.2) is 8.42 Å². The zero-order chi connectivity index (χ0) is 19.1. The van der Waals surface area contributed by atoms with Crippen LogP contribution in [0.5, 0.6) is 0 Å². The van der Waals surface area contributed by atoms with Crippen LogP contribution in [0.25, 0.3) is 0 Å². The quantitative estimate of drug-likeness (QED) is 0.855. The lowest BCUT2D eigenvalue weighted by molar-refractivity contribution is -0.120. The molecule has 138 valence electrons. The van der Waals surface area contributed by atoms with E-state index in [0.717, 1.165) is 4.31 Å². The molecule has 2 N–H and O–H groups in total. The number of furan rings is 1. The third-order valence-electron chi connectivity index (χ3n) is 4.29. The van der Waals surface area contributed by atoms with Crippen LogP contribution in [0.2, 0.25) is 0 Å². The number of hydrogen-bond acceptors (Lipinski definition) is 5. The molecule has 2 amide bonds. The average molecular weight is 377 g/mol. The van der Waals surface area contributed by atoms with Gasteiger partial charge in [0.05, 0.1) is 11.4 Å². The molecule has 0 unspecified atom stereocenters. The highest BCUT2D eigenvalue weighted by atomic mass is 32.2. The molecule has 0 radical (unpaired) electrons. The first kappa shape index (κ1) is 18.2. The molecule has 3 rings (SSSR count). The summed E-state index contributed by atoms with van der Waals surface area (Å²) >= 11 is 0. The first-order valence-corrected chi connectivity index (χ1v) is 9.41. The van der Waals surface area contributed by atoms with Crippen molar-refractivity contribution in [2.75, 3.05) is 24.5 Å². The van der Waals surface area contributed by atoms with Crippen LogP contribution in [0.1, 0.15) is 21.7 Å². The van der Waals surface area contributed by atoms with Gasteiger partial charge in [-0.3, -0.25) is 14.5 Å². The predicted molar refractivity (Wildman–Crippen MR) is 94.3 cm³/mol. The van der Waals surface area contributed by atoms with Gasteiger partial charge in [0.1, 0.15) is 5.76 Å². The first-order chi connectivity index (χ1) is 12.2. The van der Waals surface area contributed by atoms with Gasteiger partial charge in [0, 0.05) is 24.7 Å². The molecule has 8 nitrogen and oxygen atoms in total. The molecule has 2 heterocycles. The van der Waals surface area contributed by atoms with Gasteiger partial charge in [-0.1, -0.05) is 6.07 Å². The Bertz CT molecular complexity index is 980. The maximum atomic E-state index is 12.8. The van der Waals surface area contributed by atoms with Crippen molar-refractivity contribution in [3.8, 4) is 0 Å². The highest BCUT2D eigenvalue weighted by Crippen LogP contribution is 2.24. The van der Waals surface area contributed by atoms with Gasteiger partial charge in [-0.15, -0.1) is 0 Å². The summed E-state index contributed by atoms with van der Waals surface area (Å²) in [4.78, 5) is 25.2. The number of piperazine rings is 1. The molecule has 0 atom stereocenters. The maximum Gasteiger partial charge on any atom is 0.249 e. The van der Waals surface area contributed by atoms with Crippen LogP contribution < -0.4 is 10.6 Å². The van der Waals surface area contributed by atoms with Crippen LogP contribution in [-0.4, -0.2) is 44.2 Å². The normalized spacial score (nSPS) is 16.1. The topological polar surface area (TPSA) is 114 Å². The summed E-state index contributed by atoms with van der Waals surface area (Å²) in [5, 5.41) is 0. The Morgan fingerprint density at radius 2 is 1.88 bits per heavy atom. The molecule has 1 aromatic carbocycles. The highest BCUT2D eigenvalue weighted by Gasteiger charge is 2.34. The van der Waals surface area contributed by atoms with Crippen molar-refractivity contribution in [2.24, 2.45) is 5.73 Å². The Hall–Kier alpha value is -2.65. The predicted octanol–water partition coefficient (Wildman–Crippen LogP) is 1.03. The molecule has 0 saturated carbocycles. The van der Waals surface area contributed by atoms with Gasteiger partial charge in [-0.2, -0.15) is 4.31 Å². The Morgan fingerprint density at radius 1 is 1.15 bits per heavy atom. The Morgan fingerprint density at radius 3 is 2.46 bits per heavy atom. The van der Waals surface area contributed by atoms with Crippen LogP contribution in [0.3, 0.4) is 0 Å². The third kappa shape index (κ3) is 3.23. The second kappa shape index (κ2) is 6.58. The fourth-order valence-corrected chi connectivity index (χ4v) is 4.24. The number of nitrogens with zero attached hydrogens (tertiary/aromatic N) is 2. The monoisotopic (exact) mass is 377 g/mol. The average Bonchev–Trinajstić information content (AvgIpc) is 3.00. The van der Waals surface area contributed by atoms with Crippen molar-refractivity contribution in [3.63, 3.8) is 0 Å². The van der Waals surface area contributed by atoms with Crippen LogP contribution >= 0.6 is 0 Å². The summed E-state index contributed by atoms with van der Waals surface area (Å²) in [6.45, 7) is 3.43. The molecule has 0 aliphatic carbocycles. The summed E-state index contributed by atoms with van der Waals surface area (Å²) in [7, 11) is -3.92. The van der Waals surface area contributed by atoms with Gasteiger partial charge >= 0.3 is 0 Å². The van der Waals surface area contributed by atoms with Crippen molar-refractivity contribution >= 4 is 27.7 Å². The van der Waals surface area contributed by atoms with Crippen molar-refractivity contribution in [3.05, 3.63) is 47.2 Å². The number of aryl methyl sites for hydroxylation is 2. The van der Waals surface area contributed by atoms with Crippen molar-refractivity contribution < 1.29 is 22.4 Å². The smallest absolute Gasteiger partial charge is 0.249 e. The minimum Gasteiger partial charge on any atom is -0.445 e. The van der Waals surface area contributed by atoms with Gasteiger partial charge in [0.25, 0.3) is 0 Å². The molecular formula is C17H19N3O5S. The number of primary amides is 1. The van der Waals surface area contributed by atoms with E-state index in [2.05, 4.69) is 0 Å². The van der Waals surface area contributed by atoms with Gasteiger partial charge in [0.2, 0.25) is 27.7 Å². The maximum absolute atomic E-state index is 12.8. The second-order valence-corrected chi connectivity index (χ2v) is 8.05. The summed E-state index contributed by atoms with van der Waals surface area (Å²) in [6.07, 6.45) is 0. The molecule has 2 aromatic rings. The fraction of sp³-hybridized carbons (Fsp3) is 0.294. The Labute approximate surface area is 151 Å². The zero-order valence-electron chi connectivity index (χ0n) is 14.4. The Balaban J connectivity index is 1.85. The molecule has 26 heavy (non-hydrogen) atoms. The van der Waals surface area contributed by atoms with E-state index in [1.165, 1.54) is 23.1 Å². The molecule has 1 aromatic heterocycles. The van der Waals surface area contributed by atoms with Gasteiger partial charge in [-0.05, 0) is 37.6 Å². The van der Waals surface area contributed by atoms with Crippen molar-refractivity contribution in [1.29, 1.82) is 0 Å². The molecule has 1 aliphatic heterocycles. The molecule has 0 spiro atoms. The minimum absolute atomic E-state index is 0.0630. The van der Waals surface area contributed by atoms with Crippen molar-refractivity contribution in [1.82, 2.24) is 4.31 Å². The fourth-order valence-electron chi connectivity index (χ4n) is 2.83. The zero-order valence-corrected chi connectivity index (χ0v) is 15.2. The van der Waals surface area contributed by atoms with Gasteiger partial charge < -0.3 is 10.2 Å². The van der Waals surface area contributed by atoms with Crippen LogP contribution in [0.15, 0.2) is 39.6 Å². The summed E-state index contributed by atoms with van der Waals surface area (Å²) in [6, 6.07) is 7.60. The standard InChI is InChI=1S/C17H19N3O5S/c1-11-3-5-13(9-14(11)17(18)22)26(23,24)19-7-8-20(15(21)10-19)16-6-4-12(2)25-16/h3-6,9H,7-8,10H2,1-2H3,(H2,18,22). The number of carbonyl (C=O) groups excluding carboxylic acids is 2. The number of carbonyl (C=O) groups is 2. The molecule has 9 heteroatoms. The lowest BCUT2D eigenvalue weighted by Gasteiger charge is -2.32. The van der Waals surface area contributed by atoms with E-state index in [0.29, 0.717) is 17.2 Å². The lowest BCUT2D eigenvalue weighted by atomic mass is 10.1. The largest absolute Gasteiger partial charge is 0.445 e. The molecule has 1 aliphatic rings. The van der Waals surface area contributed by atoms with E-state index in [1.54, 1.807) is 26.0 Å². The first-order valence-electron chi connectivity index (χ1n) is 7.97. The van der Waals surface area contributed by atoms with E-state index in [-0.39, 0.29) is 36.0 Å². The van der Waals surface area contributed by atoms with Crippen LogP contribution in [-0.2, 0) is 14.8 Å². The van der Waals surface area contributed by atoms with E-state index >= 15 is 0 Å². The lowest BCUT2D eigenvalue weighted by Crippen LogP contribution is -2.52. The van der Waals surface area contributed by atoms with E-state index < -0.39 is 15.9 Å². The SMILES string of the molecule is Cc1ccc(N2CCN(S(=O)(=O)c3ccc(C)c(C(N)=O)c3)CC2=O)o1. The summed E-state index contributed by atoms with van der Waals surface area (Å²) < 4.78 is 32.2. The third-order valence-corrected chi connectivity index (χ3v) is 6.13. The number of hydrogen-bond donors (Lipinski definition) is 1.